The summed E-state index contributed by atoms with van der Waals surface area (Å²) in [5.41, 5.74) is 0.847. The van der Waals surface area contributed by atoms with Gasteiger partial charge in [-0.3, -0.25) is 10.1 Å². The number of aromatic nitrogens is 3. The Labute approximate surface area is 163 Å². The number of aryl methyl sites for hydroxylation is 1. The van der Waals surface area contributed by atoms with E-state index in [4.69, 9.17) is 0 Å². The summed E-state index contributed by atoms with van der Waals surface area (Å²) in [7, 11) is 0. The Bertz CT molecular complexity index is 878. The van der Waals surface area contributed by atoms with Crippen molar-refractivity contribution in [1.82, 2.24) is 15.0 Å². The molecule has 0 radical (unpaired) electrons. The highest BCUT2D eigenvalue weighted by Gasteiger charge is 2.51. The van der Waals surface area contributed by atoms with Gasteiger partial charge in [0.2, 0.25) is 11.6 Å². The van der Waals surface area contributed by atoms with Gasteiger partial charge in [-0.05, 0) is 74.8 Å². The molecule has 0 saturated heterocycles. The van der Waals surface area contributed by atoms with Crippen LogP contribution in [0.1, 0.15) is 44.1 Å². The molecule has 4 saturated carbocycles. The van der Waals surface area contributed by atoms with Crippen LogP contribution in [0, 0.1) is 34.8 Å². The van der Waals surface area contributed by atoms with Crippen LogP contribution in [0.15, 0.2) is 24.7 Å². The van der Waals surface area contributed by atoms with Gasteiger partial charge in [0.15, 0.2) is 0 Å². The quantitative estimate of drug-likeness (QED) is 0.591. The predicted molar refractivity (Wildman–Crippen MR) is 105 cm³/mol. The average Bonchev–Trinajstić information content (AvgIpc) is 2.62. The number of rotatable bonds is 5. The molecule has 0 amide bonds. The highest BCUT2D eigenvalue weighted by atomic mass is 16.6. The van der Waals surface area contributed by atoms with Crippen molar-refractivity contribution in [3.8, 4) is 0 Å². The Balaban J connectivity index is 1.46. The molecule has 8 heteroatoms. The molecule has 4 aliphatic carbocycles. The molecule has 4 bridgehead atoms. The Morgan fingerprint density at radius 2 is 1.68 bits per heavy atom. The van der Waals surface area contributed by atoms with E-state index in [1.165, 1.54) is 25.6 Å². The van der Waals surface area contributed by atoms with Crippen LogP contribution in [0.4, 0.5) is 23.1 Å². The summed E-state index contributed by atoms with van der Waals surface area (Å²) < 4.78 is 0. The molecular formula is C20H24N6O2. The van der Waals surface area contributed by atoms with Crippen LogP contribution in [0.25, 0.3) is 0 Å². The molecule has 0 aromatic carbocycles. The van der Waals surface area contributed by atoms with Gasteiger partial charge in [0.1, 0.15) is 12.1 Å². The van der Waals surface area contributed by atoms with Crippen LogP contribution in [-0.2, 0) is 0 Å². The number of nitrogens with zero attached hydrogens (tertiary/aromatic N) is 4. The molecule has 0 atom stereocenters. The van der Waals surface area contributed by atoms with Gasteiger partial charge in [0.05, 0.1) is 4.92 Å². The fourth-order valence-electron chi connectivity index (χ4n) is 5.91. The van der Waals surface area contributed by atoms with E-state index in [1.54, 1.807) is 12.3 Å². The molecule has 146 valence electrons. The number of pyridine rings is 1. The minimum atomic E-state index is -0.403. The topological polar surface area (TPSA) is 106 Å². The molecule has 4 fully saturated rings. The van der Waals surface area contributed by atoms with Gasteiger partial charge in [0.25, 0.3) is 0 Å². The normalized spacial score (nSPS) is 30.2. The first-order valence-electron chi connectivity index (χ1n) is 9.97. The first-order valence-corrected chi connectivity index (χ1v) is 9.97. The molecule has 4 aliphatic rings. The lowest BCUT2D eigenvalue weighted by molar-refractivity contribution is -0.383. The minimum Gasteiger partial charge on any atom is -0.359 e. The highest BCUT2D eigenvalue weighted by Crippen LogP contribution is 2.57. The van der Waals surface area contributed by atoms with Crippen molar-refractivity contribution in [2.24, 2.45) is 17.8 Å². The Hall–Kier alpha value is -2.77. The second kappa shape index (κ2) is 6.39. The van der Waals surface area contributed by atoms with E-state index in [2.05, 4.69) is 25.6 Å². The van der Waals surface area contributed by atoms with Crippen LogP contribution >= 0.6 is 0 Å². The molecule has 2 N–H and O–H groups in total. The Morgan fingerprint density at radius 3 is 2.25 bits per heavy atom. The number of nitrogens with one attached hydrogen (secondary N) is 2. The lowest BCUT2D eigenvalue weighted by Gasteiger charge is -2.57. The van der Waals surface area contributed by atoms with E-state index in [-0.39, 0.29) is 17.0 Å². The summed E-state index contributed by atoms with van der Waals surface area (Å²) in [4.78, 5) is 24.2. The van der Waals surface area contributed by atoms with E-state index in [1.807, 2.05) is 13.0 Å². The smallest absolute Gasteiger partial charge is 0.353 e. The van der Waals surface area contributed by atoms with Gasteiger partial charge in [-0.1, -0.05) is 6.07 Å². The summed E-state index contributed by atoms with van der Waals surface area (Å²) in [5, 5.41) is 18.4. The maximum atomic E-state index is 11.9. The minimum absolute atomic E-state index is 0.0623. The third kappa shape index (κ3) is 3.06. The number of anilines is 3. The van der Waals surface area contributed by atoms with Crippen molar-refractivity contribution in [1.29, 1.82) is 0 Å². The average molecular weight is 380 g/mol. The zero-order valence-electron chi connectivity index (χ0n) is 15.9. The molecule has 0 unspecified atom stereocenters. The number of hydrogen-bond donors (Lipinski definition) is 2. The monoisotopic (exact) mass is 380 g/mol. The Kier molecular flexibility index (Phi) is 3.96. The van der Waals surface area contributed by atoms with E-state index < -0.39 is 4.92 Å². The first-order chi connectivity index (χ1) is 13.5. The van der Waals surface area contributed by atoms with Crippen LogP contribution in [-0.4, -0.2) is 25.4 Å². The third-order valence-corrected chi connectivity index (χ3v) is 6.58. The zero-order chi connectivity index (χ0) is 19.3. The maximum Gasteiger partial charge on any atom is 0.353 e. The number of hydrogen-bond acceptors (Lipinski definition) is 7. The summed E-state index contributed by atoms with van der Waals surface area (Å²) in [6.07, 6.45) is 10.3. The van der Waals surface area contributed by atoms with Gasteiger partial charge >= 0.3 is 5.69 Å². The van der Waals surface area contributed by atoms with Crippen molar-refractivity contribution in [2.45, 2.75) is 51.0 Å². The molecule has 2 aromatic rings. The molecule has 0 spiro atoms. The van der Waals surface area contributed by atoms with Gasteiger partial charge in [-0.2, -0.15) is 0 Å². The van der Waals surface area contributed by atoms with E-state index in [9.17, 15) is 10.1 Å². The molecule has 8 nitrogen and oxygen atoms in total. The van der Waals surface area contributed by atoms with E-state index in [0.717, 1.165) is 42.6 Å². The Morgan fingerprint density at radius 1 is 1.04 bits per heavy atom. The lowest BCUT2D eigenvalue weighted by Crippen LogP contribution is -2.55. The largest absolute Gasteiger partial charge is 0.359 e. The van der Waals surface area contributed by atoms with Gasteiger partial charge < -0.3 is 10.6 Å². The second-order valence-electron chi connectivity index (χ2n) is 8.85. The van der Waals surface area contributed by atoms with E-state index in [0.29, 0.717) is 11.6 Å². The lowest BCUT2D eigenvalue weighted by atomic mass is 9.53. The fourth-order valence-corrected chi connectivity index (χ4v) is 5.91. The van der Waals surface area contributed by atoms with Gasteiger partial charge in [-0.25, -0.2) is 15.0 Å². The number of nitro groups is 1. The van der Waals surface area contributed by atoms with Crippen molar-refractivity contribution in [2.75, 3.05) is 10.6 Å². The summed E-state index contributed by atoms with van der Waals surface area (Å²) in [6.45, 7) is 1.94. The maximum absolute atomic E-state index is 11.9. The van der Waals surface area contributed by atoms with Crippen LogP contribution in [0.5, 0.6) is 0 Å². The van der Waals surface area contributed by atoms with Crippen LogP contribution < -0.4 is 10.6 Å². The second-order valence-corrected chi connectivity index (χ2v) is 8.85. The standard InChI is InChI=1S/C20H24N6O2/c1-12-2-3-16(21-10-12)24-18-17(26(27)28)19(23-11-22-18)25-20-7-13-4-14(8-20)6-15(5-13)9-20/h2-3,10-11,13-15H,4-9H2,1H3,(H2,21,22,23,24,25). The zero-order valence-corrected chi connectivity index (χ0v) is 15.9. The van der Waals surface area contributed by atoms with Crippen molar-refractivity contribution >= 4 is 23.1 Å². The van der Waals surface area contributed by atoms with Crippen molar-refractivity contribution in [3.63, 3.8) is 0 Å². The van der Waals surface area contributed by atoms with Crippen molar-refractivity contribution in [3.05, 3.63) is 40.3 Å². The molecule has 2 aromatic heterocycles. The summed E-state index contributed by atoms with van der Waals surface area (Å²) in [5.74, 6) is 3.24. The molecule has 6 rings (SSSR count). The molecule has 2 heterocycles. The molecular weight excluding hydrogens is 356 g/mol. The SMILES string of the molecule is Cc1ccc(Nc2ncnc(NC34CC5CC(CC(C5)C3)C4)c2[N+](=O)[O-])nc1. The van der Waals surface area contributed by atoms with Gasteiger partial charge in [-0.15, -0.1) is 0 Å². The third-order valence-electron chi connectivity index (χ3n) is 6.58. The van der Waals surface area contributed by atoms with Crippen molar-refractivity contribution < 1.29 is 4.92 Å². The highest BCUT2D eigenvalue weighted by molar-refractivity contribution is 5.73. The summed E-state index contributed by atoms with van der Waals surface area (Å²) in [6, 6.07) is 3.68. The first kappa shape index (κ1) is 17.3. The molecule has 0 aliphatic heterocycles. The fraction of sp³-hybridized carbons (Fsp3) is 0.550. The van der Waals surface area contributed by atoms with E-state index >= 15 is 0 Å². The molecule has 28 heavy (non-hydrogen) atoms. The van der Waals surface area contributed by atoms with Crippen LogP contribution in [0.3, 0.4) is 0 Å². The van der Waals surface area contributed by atoms with Crippen LogP contribution in [0.2, 0.25) is 0 Å². The van der Waals surface area contributed by atoms with Gasteiger partial charge in [0, 0.05) is 11.7 Å². The summed E-state index contributed by atoms with van der Waals surface area (Å²) >= 11 is 0. The predicted octanol–water partition coefficient (Wildman–Crippen LogP) is 4.21.